The fraction of sp³-hybridized carbons (Fsp3) is 0.435. The van der Waals surface area contributed by atoms with E-state index in [1.807, 2.05) is 0 Å². The Morgan fingerprint density at radius 1 is 1.14 bits per heavy atom. The minimum atomic E-state index is -2.63. The number of Topliss-reactive ketones (excluding diaryl/α,β-unsaturated/α-hetero) is 2. The summed E-state index contributed by atoms with van der Waals surface area (Å²) < 4.78 is 0. The summed E-state index contributed by atoms with van der Waals surface area (Å²) in [5.74, 6) is -6.53. The number of benzene rings is 1. The molecule has 0 saturated heterocycles. The smallest absolute Gasteiger partial charge is 1.00 e. The first-order chi connectivity index (χ1) is 15.3. The zero-order valence-electron chi connectivity index (χ0n) is 20.9. The molecule has 0 aliphatic heterocycles. The molecular formula is C23H31AsClN3O7. The number of phenols is 1. The number of amides is 1. The second kappa shape index (κ2) is 9.50. The first kappa shape index (κ1) is 28.7. The Morgan fingerprint density at radius 2 is 1.74 bits per heavy atom. The molecule has 1 aromatic rings. The van der Waals surface area contributed by atoms with Gasteiger partial charge in [-0.3, -0.25) is 19.3 Å². The summed E-state index contributed by atoms with van der Waals surface area (Å²) in [5, 5.41) is 43.9. The Morgan fingerprint density at radius 3 is 2.26 bits per heavy atom. The molecule has 0 bridgehead atoms. The number of anilines is 1. The Bertz CT molecular complexity index is 1190. The topological polar surface area (TPSA) is 165 Å². The van der Waals surface area contributed by atoms with Crippen LogP contribution in [-0.4, -0.2) is 101 Å². The van der Waals surface area contributed by atoms with Crippen molar-refractivity contribution >= 4 is 41.1 Å². The standard InChI is InChI=1S/C23H27N3O7.AsH3.ClH/c1-25(2)12-5-6-13(27)15-10(12)7-9-8-11-17(26(3)4)19(29)16(22(24)32)21(31)23(11,33)20(30)14(9)18(15)28;;/h5-6,9,11,17,27,29-30,33H,7-8H2,1-4H3,(H2,24,32);1H3;1H/t9-,11-,17-,23-;;/m0../s1. The summed E-state index contributed by atoms with van der Waals surface area (Å²) in [4.78, 5) is 42.0. The second-order valence-electron chi connectivity index (χ2n) is 9.31. The fourth-order valence-electron chi connectivity index (χ4n) is 5.65. The molecular weight excluding hydrogens is 541 g/mol. The molecule has 192 valence electrons. The number of aromatic hydroxyl groups is 1. The number of likely N-dealkylation sites (N-methyl/N-ethyl adjacent to an activating group) is 1. The minimum Gasteiger partial charge on any atom is -1.00 e. The van der Waals surface area contributed by atoms with Gasteiger partial charge >= 0.3 is 19.4 Å². The van der Waals surface area contributed by atoms with Gasteiger partial charge in [-0.15, -0.1) is 0 Å². The molecule has 1 unspecified atom stereocenters. The van der Waals surface area contributed by atoms with E-state index in [4.69, 9.17) is 5.73 Å². The summed E-state index contributed by atoms with van der Waals surface area (Å²) in [7, 11) is 6.79. The fourth-order valence-corrected chi connectivity index (χ4v) is 5.65. The van der Waals surface area contributed by atoms with Gasteiger partial charge in [0.1, 0.15) is 22.8 Å². The number of ketones is 2. The quantitative estimate of drug-likeness (QED) is 0.180. The number of fused-ring (bicyclic) bond motifs is 3. The number of carbonyl (C=O) groups is 3. The number of rotatable bonds is 3. The van der Waals surface area contributed by atoms with Crippen LogP contribution in [0.3, 0.4) is 0 Å². The van der Waals surface area contributed by atoms with E-state index in [0.717, 1.165) is 5.69 Å². The van der Waals surface area contributed by atoms with Crippen molar-refractivity contribution in [2.75, 3.05) is 33.1 Å². The molecule has 3 aliphatic rings. The molecule has 5 atom stereocenters. The zero-order valence-corrected chi connectivity index (χ0v) is 23.6. The molecule has 6 N–H and O–H groups in total. The predicted octanol–water partition coefficient (Wildman–Crippen LogP) is -3.88. The van der Waals surface area contributed by atoms with Gasteiger partial charge in [0.25, 0.3) is 5.91 Å². The molecule has 12 heteroatoms. The number of aliphatic hydroxyl groups is 3. The largest absolute Gasteiger partial charge is 1.00 e. The number of hydrogen-bond donors (Lipinski definition) is 5. The van der Waals surface area contributed by atoms with Crippen LogP contribution in [-0.2, 0) is 16.0 Å². The summed E-state index contributed by atoms with van der Waals surface area (Å²) in [6.45, 7) is 0. The van der Waals surface area contributed by atoms with Crippen LogP contribution < -0.4 is 23.0 Å². The molecule has 0 heterocycles. The summed E-state index contributed by atoms with van der Waals surface area (Å²) in [6, 6.07) is 2.06. The van der Waals surface area contributed by atoms with Crippen molar-refractivity contribution in [2.24, 2.45) is 17.6 Å². The van der Waals surface area contributed by atoms with Crippen molar-refractivity contribution in [1.82, 2.24) is 4.90 Å². The van der Waals surface area contributed by atoms with Crippen LogP contribution >= 0.6 is 0 Å². The first-order valence-corrected chi connectivity index (χ1v) is 10.5. The molecule has 0 saturated carbocycles. The van der Waals surface area contributed by atoms with E-state index in [9.17, 15) is 34.8 Å². The van der Waals surface area contributed by atoms with Crippen LogP contribution in [0.4, 0.5) is 5.69 Å². The van der Waals surface area contributed by atoms with Gasteiger partial charge in [0.15, 0.2) is 11.4 Å². The third kappa shape index (κ3) is 3.83. The van der Waals surface area contributed by atoms with E-state index in [-0.39, 0.29) is 61.5 Å². The Kier molecular flexibility index (Phi) is 7.79. The Hall–Kier alpha value is -2.52. The molecule has 3 aliphatic carbocycles. The molecule has 10 nitrogen and oxygen atoms in total. The Balaban J connectivity index is 0.00000216. The third-order valence-corrected chi connectivity index (χ3v) is 7.06. The van der Waals surface area contributed by atoms with Gasteiger partial charge < -0.3 is 43.5 Å². The van der Waals surface area contributed by atoms with E-state index in [1.54, 1.807) is 39.2 Å². The van der Waals surface area contributed by atoms with Gasteiger partial charge in [-0.05, 0) is 50.6 Å². The predicted molar refractivity (Wildman–Crippen MR) is 129 cm³/mol. The van der Waals surface area contributed by atoms with E-state index in [2.05, 4.69) is 0 Å². The average molecular weight is 572 g/mol. The van der Waals surface area contributed by atoms with E-state index >= 15 is 0 Å². The van der Waals surface area contributed by atoms with Crippen molar-refractivity contribution in [3.8, 4) is 5.75 Å². The Labute approximate surface area is 221 Å². The van der Waals surface area contributed by atoms with Gasteiger partial charge in [0.05, 0.1) is 11.6 Å². The van der Waals surface area contributed by atoms with Gasteiger partial charge in [0, 0.05) is 31.3 Å². The van der Waals surface area contributed by atoms with Gasteiger partial charge in [0.2, 0.25) is 5.78 Å². The van der Waals surface area contributed by atoms with Crippen molar-refractivity contribution in [1.29, 1.82) is 0 Å². The van der Waals surface area contributed by atoms with E-state index in [0.29, 0.717) is 5.56 Å². The van der Waals surface area contributed by atoms with Crippen LogP contribution in [0.15, 0.2) is 34.8 Å². The summed E-state index contributed by atoms with van der Waals surface area (Å²) >= 11 is 0. The van der Waals surface area contributed by atoms with Crippen LogP contribution in [0.25, 0.3) is 0 Å². The number of primary amides is 1. The number of halogens is 1. The van der Waals surface area contributed by atoms with Crippen molar-refractivity contribution < 1.29 is 48.6 Å². The molecule has 1 amide bonds. The monoisotopic (exact) mass is 571 g/mol. The number of nitrogens with zero attached hydrogens (tertiary/aromatic N) is 2. The van der Waals surface area contributed by atoms with Crippen LogP contribution in [0, 0.1) is 11.8 Å². The third-order valence-electron chi connectivity index (χ3n) is 7.06. The summed E-state index contributed by atoms with van der Waals surface area (Å²) in [6.07, 6.45) is 0.324. The average Bonchev–Trinajstić information content (AvgIpc) is 2.70. The van der Waals surface area contributed by atoms with Crippen LogP contribution in [0.1, 0.15) is 23.8 Å². The maximum atomic E-state index is 13.5. The number of aliphatic hydroxyl groups excluding tert-OH is 2. The van der Waals surface area contributed by atoms with Crippen LogP contribution in [0.5, 0.6) is 5.75 Å². The number of hydrogen-bond acceptors (Lipinski definition) is 9. The number of nitrogens with two attached hydrogens (primary N) is 1. The normalized spacial score (nSPS) is 27.4. The van der Waals surface area contributed by atoms with Gasteiger partial charge in [-0.25, -0.2) is 0 Å². The minimum absolute atomic E-state index is 0. The van der Waals surface area contributed by atoms with E-state index < -0.39 is 58.0 Å². The maximum absolute atomic E-state index is 13.5. The molecule has 0 radical (unpaired) electrons. The first-order valence-electron chi connectivity index (χ1n) is 10.5. The number of allylic oxidation sites excluding steroid dienone is 1. The van der Waals surface area contributed by atoms with Gasteiger partial charge in [-0.1, -0.05) is 0 Å². The molecule has 0 aromatic heterocycles. The number of phenolic OH excluding ortho intramolecular Hbond substituents is 1. The van der Waals surface area contributed by atoms with Crippen LogP contribution in [0.2, 0.25) is 0 Å². The van der Waals surface area contributed by atoms with E-state index in [1.165, 1.54) is 11.0 Å². The van der Waals surface area contributed by atoms with Crippen molar-refractivity contribution in [3.63, 3.8) is 0 Å². The molecule has 0 spiro atoms. The second-order valence-corrected chi connectivity index (χ2v) is 9.31. The molecule has 4 rings (SSSR count). The summed E-state index contributed by atoms with van der Waals surface area (Å²) in [5.41, 5.74) is 3.02. The molecule has 0 fully saturated rings. The maximum Gasteiger partial charge on any atom is 1.00 e. The van der Waals surface area contributed by atoms with Crippen molar-refractivity contribution in [2.45, 2.75) is 24.5 Å². The zero-order chi connectivity index (χ0) is 24.6. The van der Waals surface area contributed by atoms with Gasteiger partial charge in [-0.2, -0.15) is 0 Å². The number of carbonyl (C=O) groups excluding carboxylic acids is 3. The van der Waals surface area contributed by atoms with Crippen molar-refractivity contribution in [3.05, 3.63) is 45.9 Å². The SMILES string of the molecule is CN(C)c1ccc(O)c2c1C[C@H]1C[C@H]3[C@H](N(C)C)C(O)=C(C(N)=O)C(=O)[C@@]3(O)C(O)=C1C2=O.[AsH3].[Cl-].[H+]. The molecule has 35 heavy (non-hydrogen) atoms. The molecule has 1 aromatic carbocycles.